The van der Waals surface area contributed by atoms with Crippen LogP contribution in [0.15, 0.2) is 5.16 Å². The SMILES string of the molecule is CC(C)C(=NO)C(C)C.Cl. The van der Waals surface area contributed by atoms with Gasteiger partial charge in [0.25, 0.3) is 0 Å². The van der Waals surface area contributed by atoms with E-state index in [9.17, 15) is 0 Å². The second kappa shape index (κ2) is 5.54. The lowest BCUT2D eigenvalue weighted by Crippen LogP contribution is -2.14. The molecule has 0 aliphatic carbocycles. The lowest BCUT2D eigenvalue weighted by molar-refractivity contribution is 0.312. The molecular formula is C7H16ClNO. The molecule has 3 heteroatoms. The molecule has 0 aliphatic heterocycles. The Morgan fingerprint density at radius 1 is 1.10 bits per heavy atom. The van der Waals surface area contributed by atoms with Crippen molar-refractivity contribution in [1.29, 1.82) is 0 Å². The van der Waals surface area contributed by atoms with Crippen molar-refractivity contribution < 1.29 is 5.21 Å². The molecule has 0 amide bonds. The first-order valence-corrected chi connectivity index (χ1v) is 3.31. The van der Waals surface area contributed by atoms with Gasteiger partial charge in [-0.1, -0.05) is 32.9 Å². The zero-order valence-corrected chi connectivity index (χ0v) is 7.77. The van der Waals surface area contributed by atoms with Gasteiger partial charge in [0.15, 0.2) is 0 Å². The molecule has 0 saturated carbocycles. The Hall–Kier alpha value is -0.240. The fourth-order valence-corrected chi connectivity index (χ4v) is 0.898. The molecular weight excluding hydrogens is 150 g/mol. The van der Waals surface area contributed by atoms with Crippen LogP contribution in [0.1, 0.15) is 27.7 Å². The van der Waals surface area contributed by atoms with Crippen molar-refractivity contribution >= 4 is 18.1 Å². The van der Waals surface area contributed by atoms with E-state index < -0.39 is 0 Å². The standard InChI is InChI=1S/C7H15NO.ClH/c1-5(2)7(8-9)6(3)4;/h5-6,9H,1-4H3;1H. The Bertz CT molecular complexity index is 100. The molecule has 0 aromatic carbocycles. The summed E-state index contributed by atoms with van der Waals surface area (Å²) in [6.45, 7) is 8.09. The third-order valence-corrected chi connectivity index (χ3v) is 1.30. The van der Waals surface area contributed by atoms with Crippen LogP contribution in [0, 0.1) is 11.8 Å². The van der Waals surface area contributed by atoms with E-state index in [0.29, 0.717) is 11.8 Å². The maximum Gasteiger partial charge on any atom is 0.0621 e. The predicted molar refractivity (Wildman–Crippen MR) is 46.1 cm³/mol. The zero-order chi connectivity index (χ0) is 7.44. The number of halogens is 1. The molecule has 0 radical (unpaired) electrons. The summed E-state index contributed by atoms with van der Waals surface area (Å²) in [5, 5.41) is 11.7. The molecule has 0 saturated heterocycles. The summed E-state index contributed by atoms with van der Waals surface area (Å²) in [6, 6.07) is 0. The van der Waals surface area contributed by atoms with Gasteiger partial charge < -0.3 is 5.21 Å². The van der Waals surface area contributed by atoms with E-state index in [0.717, 1.165) is 5.71 Å². The second-order valence-electron chi connectivity index (χ2n) is 2.83. The molecule has 0 aromatic rings. The predicted octanol–water partition coefficient (Wildman–Crippen LogP) is 2.55. The maximum atomic E-state index is 8.45. The fraction of sp³-hybridized carbons (Fsp3) is 0.857. The molecule has 0 atom stereocenters. The minimum absolute atomic E-state index is 0. The van der Waals surface area contributed by atoms with Crippen molar-refractivity contribution in [1.82, 2.24) is 0 Å². The summed E-state index contributed by atoms with van der Waals surface area (Å²) in [5.41, 5.74) is 0.870. The van der Waals surface area contributed by atoms with Gasteiger partial charge in [-0.25, -0.2) is 0 Å². The normalized spacial score (nSPS) is 9.40. The molecule has 2 nitrogen and oxygen atoms in total. The molecule has 0 bridgehead atoms. The van der Waals surface area contributed by atoms with Gasteiger partial charge in [0.1, 0.15) is 0 Å². The molecule has 0 unspecified atom stereocenters. The monoisotopic (exact) mass is 165 g/mol. The van der Waals surface area contributed by atoms with Crippen LogP contribution in [0.5, 0.6) is 0 Å². The van der Waals surface area contributed by atoms with E-state index in [2.05, 4.69) is 5.16 Å². The molecule has 10 heavy (non-hydrogen) atoms. The first-order valence-electron chi connectivity index (χ1n) is 3.31. The van der Waals surface area contributed by atoms with Gasteiger partial charge in [-0.15, -0.1) is 12.4 Å². The molecule has 0 fully saturated rings. The molecule has 0 aromatic heterocycles. The van der Waals surface area contributed by atoms with Crippen LogP contribution in [-0.2, 0) is 0 Å². The Morgan fingerprint density at radius 3 is 1.40 bits per heavy atom. The van der Waals surface area contributed by atoms with Crippen LogP contribution < -0.4 is 0 Å². The quantitative estimate of drug-likeness (QED) is 0.381. The van der Waals surface area contributed by atoms with Gasteiger partial charge in [-0.05, 0) is 11.8 Å². The van der Waals surface area contributed by atoms with E-state index in [4.69, 9.17) is 5.21 Å². The fourth-order valence-electron chi connectivity index (χ4n) is 0.898. The molecule has 62 valence electrons. The summed E-state index contributed by atoms with van der Waals surface area (Å²) < 4.78 is 0. The van der Waals surface area contributed by atoms with Crippen LogP contribution in [0.2, 0.25) is 0 Å². The smallest absolute Gasteiger partial charge is 0.0621 e. The van der Waals surface area contributed by atoms with Crippen molar-refractivity contribution in [2.75, 3.05) is 0 Å². The summed E-state index contributed by atoms with van der Waals surface area (Å²) in [6.07, 6.45) is 0. The topological polar surface area (TPSA) is 32.6 Å². The second-order valence-corrected chi connectivity index (χ2v) is 2.83. The van der Waals surface area contributed by atoms with E-state index in [1.807, 2.05) is 27.7 Å². The highest BCUT2D eigenvalue weighted by Crippen LogP contribution is 2.06. The highest BCUT2D eigenvalue weighted by atomic mass is 35.5. The number of hydrogen-bond donors (Lipinski definition) is 1. The molecule has 1 N–H and O–H groups in total. The van der Waals surface area contributed by atoms with Crippen molar-refractivity contribution in [3.63, 3.8) is 0 Å². The van der Waals surface area contributed by atoms with Crippen LogP contribution in [-0.4, -0.2) is 10.9 Å². The van der Waals surface area contributed by atoms with Gasteiger partial charge in [0.2, 0.25) is 0 Å². The number of rotatable bonds is 2. The Labute approximate surface area is 68.7 Å². The number of hydrogen-bond acceptors (Lipinski definition) is 2. The van der Waals surface area contributed by atoms with E-state index in [-0.39, 0.29) is 12.4 Å². The first kappa shape index (κ1) is 12.4. The van der Waals surface area contributed by atoms with Crippen molar-refractivity contribution in [2.24, 2.45) is 17.0 Å². The van der Waals surface area contributed by atoms with E-state index in [1.165, 1.54) is 0 Å². The van der Waals surface area contributed by atoms with Gasteiger partial charge in [-0.3, -0.25) is 0 Å². The third-order valence-electron chi connectivity index (χ3n) is 1.30. The summed E-state index contributed by atoms with van der Waals surface area (Å²) in [7, 11) is 0. The largest absolute Gasteiger partial charge is 0.411 e. The van der Waals surface area contributed by atoms with Crippen LogP contribution in [0.3, 0.4) is 0 Å². The zero-order valence-electron chi connectivity index (χ0n) is 6.96. The maximum absolute atomic E-state index is 8.45. The molecule has 0 spiro atoms. The Kier molecular flexibility index (Phi) is 6.89. The Balaban J connectivity index is 0. The molecule has 0 rings (SSSR count). The van der Waals surface area contributed by atoms with Crippen molar-refractivity contribution in [2.45, 2.75) is 27.7 Å². The summed E-state index contributed by atoms with van der Waals surface area (Å²) in [4.78, 5) is 0. The lowest BCUT2D eigenvalue weighted by Gasteiger charge is -2.09. The van der Waals surface area contributed by atoms with Crippen LogP contribution in [0.4, 0.5) is 0 Å². The Morgan fingerprint density at radius 2 is 1.40 bits per heavy atom. The van der Waals surface area contributed by atoms with E-state index >= 15 is 0 Å². The third kappa shape index (κ3) is 3.72. The minimum Gasteiger partial charge on any atom is -0.411 e. The highest BCUT2D eigenvalue weighted by molar-refractivity contribution is 5.87. The van der Waals surface area contributed by atoms with Crippen LogP contribution in [0.25, 0.3) is 0 Å². The van der Waals surface area contributed by atoms with Crippen LogP contribution >= 0.6 is 12.4 Å². The van der Waals surface area contributed by atoms with Gasteiger partial charge in [-0.2, -0.15) is 0 Å². The average Bonchev–Trinajstić information content (AvgIpc) is 1.64. The van der Waals surface area contributed by atoms with Gasteiger partial charge in [0, 0.05) is 0 Å². The van der Waals surface area contributed by atoms with E-state index in [1.54, 1.807) is 0 Å². The summed E-state index contributed by atoms with van der Waals surface area (Å²) in [5.74, 6) is 0.713. The average molecular weight is 166 g/mol. The van der Waals surface area contributed by atoms with Crippen molar-refractivity contribution in [3.05, 3.63) is 0 Å². The molecule has 0 aliphatic rings. The van der Waals surface area contributed by atoms with Crippen molar-refractivity contribution in [3.8, 4) is 0 Å². The first-order chi connectivity index (χ1) is 4.09. The lowest BCUT2D eigenvalue weighted by atomic mass is 9.98. The number of nitrogens with zero attached hydrogens (tertiary/aromatic N) is 1. The van der Waals surface area contributed by atoms with Gasteiger partial charge in [0.05, 0.1) is 5.71 Å². The minimum atomic E-state index is 0. The highest BCUT2D eigenvalue weighted by Gasteiger charge is 2.09. The molecule has 0 heterocycles. The van der Waals surface area contributed by atoms with Gasteiger partial charge >= 0.3 is 0 Å². The number of oxime groups is 1. The summed E-state index contributed by atoms with van der Waals surface area (Å²) >= 11 is 0.